The van der Waals surface area contributed by atoms with Gasteiger partial charge >= 0.3 is 18.5 Å². The van der Waals surface area contributed by atoms with Crippen molar-refractivity contribution in [2.75, 3.05) is 18.6 Å². The molecule has 0 radical (unpaired) electrons. The van der Waals surface area contributed by atoms with Gasteiger partial charge in [0.2, 0.25) is 0 Å². The quantitative estimate of drug-likeness (QED) is 0.0499. The van der Waals surface area contributed by atoms with Crippen molar-refractivity contribution in [2.24, 2.45) is 0 Å². The molecule has 0 heterocycles. The van der Waals surface area contributed by atoms with Crippen molar-refractivity contribution < 1.29 is 41.4 Å². The third kappa shape index (κ3) is 7.13. The first-order valence-corrected chi connectivity index (χ1v) is 12.7. The maximum Gasteiger partial charge on any atom is 0.461 e. The second-order valence-corrected chi connectivity index (χ2v) is 9.31. The number of methoxy groups -OCH3 is 1. The molecule has 0 aliphatic heterocycles. The van der Waals surface area contributed by atoms with E-state index in [0.717, 1.165) is 35.4 Å². The van der Waals surface area contributed by atoms with Crippen LogP contribution < -0.4 is 25.7 Å². The first-order valence-electron chi connectivity index (χ1n) is 12.7. The number of ketones is 1. The highest BCUT2D eigenvalue weighted by molar-refractivity contribution is 6.12. The summed E-state index contributed by atoms with van der Waals surface area (Å²) >= 11 is 0. The van der Waals surface area contributed by atoms with E-state index in [1.165, 1.54) is 25.3 Å². The van der Waals surface area contributed by atoms with Gasteiger partial charge in [-0.3, -0.25) is 4.79 Å². The number of ether oxygens (including phenoxy) is 3. The lowest BCUT2D eigenvalue weighted by molar-refractivity contribution is -0.253. The average molecular weight is 595 g/mol. The van der Waals surface area contributed by atoms with Crippen LogP contribution in [0.3, 0.4) is 0 Å². The highest BCUT2D eigenvalue weighted by Gasteiger charge is 2.44. The Bertz CT molecular complexity index is 1670. The van der Waals surface area contributed by atoms with Gasteiger partial charge in [0.05, 0.1) is 12.7 Å². The largest absolute Gasteiger partial charge is 0.493 e. The first kappa shape index (κ1) is 30.6. The maximum atomic E-state index is 13.2. The zero-order valence-electron chi connectivity index (χ0n) is 22.9. The lowest BCUT2D eigenvalue weighted by atomic mass is 9.93. The number of hydrogen-bond acceptors (Lipinski definition) is 7. The molecule has 0 aliphatic carbocycles. The molecule has 0 aliphatic rings. The molecule has 7 nitrogen and oxygen atoms in total. The molecule has 0 bridgehead atoms. The van der Waals surface area contributed by atoms with E-state index in [9.17, 15) is 27.2 Å². The molecule has 4 N–H and O–H groups in total. The van der Waals surface area contributed by atoms with Crippen LogP contribution in [-0.2, 0) is 0 Å². The van der Waals surface area contributed by atoms with Gasteiger partial charge in [-0.1, -0.05) is 30.3 Å². The van der Waals surface area contributed by atoms with Crippen LogP contribution in [-0.4, -0.2) is 31.4 Å². The average Bonchev–Trinajstić information content (AvgIpc) is 2.97. The SMILES string of the molecule is COc1cc(/C=C/C(=O)c2c(N)ccc(-c3ccc(N)cc3)c2C)ccc1OC(=O)c1ccc(OC(F)(F)C(F)F)cc1. The topological polar surface area (TPSA) is 114 Å². The maximum absolute atomic E-state index is 13.2. The van der Waals surface area contributed by atoms with Crippen LogP contribution in [0.1, 0.15) is 31.8 Å². The van der Waals surface area contributed by atoms with Crippen LogP contribution in [0.4, 0.5) is 28.9 Å². The minimum absolute atomic E-state index is 0.0387. The van der Waals surface area contributed by atoms with E-state index in [0.29, 0.717) is 28.1 Å². The zero-order valence-corrected chi connectivity index (χ0v) is 22.9. The zero-order chi connectivity index (χ0) is 31.3. The molecule has 4 aromatic rings. The number of anilines is 2. The molecule has 0 amide bonds. The van der Waals surface area contributed by atoms with Crippen molar-refractivity contribution in [2.45, 2.75) is 19.5 Å². The van der Waals surface area contributed by atoms with Crippen LogP contribution in [0.25, 0.3) is 17.2 Å². The number of carbonyl (C=O) groups is 2. The molecule has 0 saturated carbocycles. The molecule has 222 valence electrons. The standard InChI is InChI=1S/C32H26F4N2O5/c1-18-24(20-5-9-22(37)10-6-20)13-14-25(38)29(18)26(39)15-3-19-4-16-27(28(17-19)41-2)42-30(40)21-7-11-23(12-8-21)43-32(35,36)31(33)34/h3-17,31H,37-38H2,1-2H3/b15-3+. The number of halogens is 4. The fourth-order valence-electron chi connectivity index (χ4n) is 4.18. The van der Waals surface area contributed by atoms with Gasteiger partial charge in [0.15, 0.2) is 17.3 Å². The predicted molar refractivity (Wildman–Crippen MR) is 155 cm³/mol. The number of hydrogen-bond donors (Lipinski definition) is 2. The highest BCUT2D eigenvalue weighted by Crippen LogP contribution is 2.32. The fourth-order valence-corrected chi connectivity index (χ4v) is 4.18. The highest BCUT2D eigenvalue weighted by atomic mass is 19.3. The van der Waals surface area contributed by atoms with Crippen molar-refractivity contribution >= 4 is 29.2 Å². The molecule has 4 aromatic carbocycles. The predicted octanol–water partition coefficient (Wildman–Crippen LogP) is 7.19. The summed E-state index contributed by atoms with van der Waals surface area (Å²) in [5.41, 5.74) is 16.2. The third-order valence-electron chi connectivity index (χ3n) is 6.38. The van der Waals surface area contributed by atoms with E-state index in [1.807, 2.05) is 25.1 Å². The molecular formula is C32H26F4N2O5. The summed E-state index contributed by atoms with van der Waals surface area (Å²) in [5, 5.41) is 0. The molecule has 0 saturated heterocycles. The minimum atomic E-state index is -4.68. The van der Waals surface area contributed by atoms with Crippen LogP contribution in [0.2, 0.25) is 0 Å². The molecule has 0 aromatic heterocycles. The Balaban J connectivity index is 1.49. The normalized spacial score (nSPS) is 11.5. The van der Waals surface area contributed by atoms with Gasteiger partial charge in [0.25, 0.3) is 0 Å². The number of rotatable bonds is 10. The number of nitrogens with two attached hydrogens (primary N) is 2. The molecular weight excluding hydrogens is 568 g/mol. The number of alkyl halides is 4. The molecule has 0 spiro atoms. The Hall–Kier alpha value is -5.32. The lowest BCUT2D eigenvalue weighted by Gasteiger charge is -2.16. The summed E-state index contributed by atoms with van der Waals surface area (Å²) < 4.78 is 65.5. The Kier molecular flexibility index (Phi) is 9.03. The van der Waals surface area contributed by atoms with Crippen molar-refractivity contribution in [3.63, 3.8) is 0 Å². The van der Waals surface area contributed by atoms with E-state index in [2.05, 4.69) is 4.74 Å². The van der Waals surface area contributed by atoms with Gasteiger partial charge in [-0.15, -0.1) is 0 Å². The number of carbonyl (C=O) groups excluding carboxylic acids is 2. The molecule has 0 atom stereocenters. The summed E-state index contributed by atoms with van der Waals surface area (Å²) in [6, 6.07) is 19.4. The summed E-state index contributed by atoms with van der Waals surface area (Å²) in [5.74, 6) is -1.53. The smallest absolute Gasteiger partial charge is 0.461 e. The number of allylic oxidation sites excluding steroid dienone is 1. The first-order chi connectivity index (χ1) is 20.4. The van der Waals surface area contributed by atoms with E-state index < -0.39 is 24.3 Å². The van der Waals surface area contributed by atoms with Gasteiger partial charge in [-0.05, 0) is 89.9 Å². The second kappa shape index (κ2) is 12.7. The van der Waals surface area contributed by atoms with Crippen LogP contribution >= 0.6 is 0 Å². The molecule has 4 rings (SSSR count). The fraction of sp³-hybridized carbons (Fsp3) is 0.125. The Morgan fingerprint density at radius 1 is 0.884 bits per heavy atom. The lowest BCUT2D eigenvalue weighted by Crippen LogP contribution is -2.33. The van der Waals surface area contributed by atoms with Crippen LogP contribution in [0, 0.1) is 6.92 Å². The molecule has 0 unspecified atom stereocenters. The van der Waals surface area contributed by atoms with Crippen molar-refractivity contribution in [1.82, 2.24) is 0 Å². The van der Waals surface area contributed by atoms with Gasteiger partial charge in [-0.2, -0.15) is 17.6 Å². The van der Waals surface area contributed by atoms with E-state index in [1.54, 1.807) is 30.3 Å². The van der Waals surface area contributed by atoms with Crippen LogP contribution in [0.5, 0.6) is 17.2 Å². The van der Waals surface area contributed by atoms with Gasteiger partial charge in [0, 0.05) is 16.9 Å². The summed E-state index contributed by atoms with van der Waals surface area (Å²) in [7, 11) is 1.35. The summed E-state index contributed by atoms with van der Waals surface area (Å²) in [6.07, 6.45) is -5.77. The Morgan fingerprint density at radius 2 is 1.56 bits per heavy atom. The van der Waals surface area contributed by atoms with Crippen molar-refractivity contribution in [1.29, 1.82) is 0 Å². The number of esters is 1. The van der Waals surface area contributed by atoms with E-state index in [-0.39, 0.29) is 22.8 Å². The molecule has 0 fully saturated rings. The summed E-state index contributed by atoms with van der Waals surface area (Å²) in [6.45, 7) is 1.81. The van der Waals surface area contributed by atoms with Crippen molar-refractivity contribution in [3.8, 4) is 28.4 Å². The van der Waals surface area contributed by atoms with Gasteiger partial charge in [0.1, 0.15) is 5.75 Å². The number of nitrogen functional groups attached to an aromatic ring is 2. The summed E-state index contributed by atoms with van der Waals surface area (Å²) in [4.78, 5) is 25.8. The Labute approximate surface area is 244 Å². The van der Waals surface area contributed by atoms with E-state index in [4.69, 9.17) is 20.9 Å². The van der Waals surface area contributed by atoms with Crippen LogP contribution in [0.15, 0.2) is 84.9 Å². The molecule has 43 heavy (non-hydrogen) atoms. The second-order valence-electron chi connectivity index (χ2n) is 9.31. The minimum Gasteiger partial charge on any atom is -0.493 e. The van der Waals surface area contributed by atoms with Gasteiger partial charge < -0.3 is 25.7 Å². The van der Waals surface area contributed by atoms with E-state index >= 15 is 0 Å². The third-order valence-corrected chi connectivity index (χ3v) is 6.38. The monoisotopic (exact) mass is 594 g/mol. The number of benzene rings is 4. The molecule has 11 heteroatoms. The Morgan fingerprint density at radius 3 is 2.19 bits per heavy atom. The van der Waals surface area contributed by atoms with Crippen molar-refractivity contribution in [3.05, 3.63) is 107 Å². The van der Waals surface area contributed by atoms with Gasteiger partial charge in [-0.25, -0.2) is 4.79 Å².